The molecular formula is C22H28ClN5O. The fraction of sp³-hybridized carbons (Fsp3) is 0.409. The zero-order valence-electron chi connectivity index (χ0n) is 16.8. The van der Waals surface area contributed by atoms with Crippen molar-refractivity contribution in [2.24, 2.45) is 4.99 Å². The van der Waals surface area contributed by atoms with Gasteiger partial charge in [-0.25, -0.2) is 4.98 Å². The van der Waals surface area contributed by atoms with E-state index in [0.717, 1.165) is 56.1 Å². The van der Waals surface area contributed by atoms with Crippen molar-refractivity contribution in [3.8, 4) is 0 Å². The number of anilines is 1. The Labute approximate surface area is 177 Å². The molecule has 0 saturated carbocycles. The number of aliphatic imine (C=N–C) groups is 1. The molecular weight excluding hydrogens is 386 g/mol. The van der Waals surface area contributed by atoms with E-state index >= 15 is 0 Å². The van der Waals surface area contributed by atoms with Gasteiger partial charge >= 0.3 is 0 Å². The average molecular weight is 414 g/mol. The van der Waals surface area contributed by atoms with Crippen LogP contribution in [-0.2, 0) is 17.6 Å². The molecule has 1 aliphatic heterocycles. The first-order valence-electron chi connectivity index (χ1n) is 10.2. The van der Waals surface area contributed by atoms with E-state index < -0.39 is 0 Å². The molecule has 0 aliphatic carbocycles. The Morgan fingerprint density at radius 2 is 2.10 bits per heavy atom. The molecule has 154 valence electrons. The number of para-hydroxylation sites is 1. The molecule has 0 bridgehead atoms. The van der Waals surface area contributed by atoms with Gasteiger partial charge in [-0.1, -0.05) is 35.9 Å². The minimum Gasteiger partial charge on any atom is -0.357 e. The second-order valence-electron chi connectivity index (χ2n) is 6.95. The van der Waals surface area contributed by atoms with Crippen LogP contribution in [0.25, 0.3) is 0 Å². The summed E-state index contributed by atoms with van der Waals surface area (Å²) in [6.45, 7) is 4.97. The number of halogens is 1. The number of carbonyl (C=O) groups is 1. The SMILES string of the molecule is CCNC(=NCCCC(=O)N1CCc2ccccc21)NCCc1ccc(Cl)nc1. The molecule has 0 saturated heterocycles. The topological polar surface area (TPSA) is 69.6 Å². The predicted octanol–water partition coefficient (Wildman–Crippen LogP) is 3.20. The lowest BCUT2D eigenvalue weighted by molar-refractivity contribution is -0.118. The molecule has 7 heteroatoms. The van der Waals surface area contributed by atoms with Crippen LogP contribution in [0.15, 0.2) is 47.6 Å². The molecule has 0 spiro atoms. The lowest BCUT2D eigenvalue weighted by Crippen LogP contribution is -2.38. The van der Waals surface area contributed by atoms with Crippen LogP contribution in [0.5, 0.6) is 0 Å². The first-order chi connectivity index (χ1) is 14.2. The van der Waals surface area contributed by atoms with E-state index in [0.29, 0.717) is 18.1 Å². The Kier molecular flexibility index (Phi) is 7.87. The van der Waals surface area contributed by atoms with Gasteiger partial charge in [-0.2, -0.15) is 0 Å². The Hall–Kier alpha value is -2.60. The maximum absolute atomic E-state index is 12.6. The van der Waals surface area contributed by atoms with Gasteiger partial charge in [-0.15, -0.1) is 0 Å². The zero-order chi connectivity index (χ0) is 20.5. The van der Waals surface area contributed by atoms with Gasteiger partial charge in [0.2, 0.25) is 5.91 Å². The van der Waals surface area contributed by atoms with Crippen LogP contribution in [0.3, 0.4) is 0 Å². The van der Waals surface area contributed by atoms with Gasteiger partial charge in [-0.05, 0) is 49.4 Å². The number of benzene rings is 1. The van der Waals surface area contributed by atoms with E-state index in [2.05, 4.69) is 26.7 Å². The summed E-state index contributed by atoms with van der Waals surface area (Å²) in [6.07, 6.45) is 4.80. The van der Waals surface area contributed by atoms with Crippen molar-refractivity contribution in [1.29, 1.82) is 0 Å². The third kappa shape index (κ3) is 6.19. The monoisotopic (exact) mass is 413 g/mol. The van der Waals surface area contributed by atoms with Crippen molar-refractivity contribution < 1.29 is 4.79 Å². The van der Waals surface area contributed by atoms with Crippen LogP contribution in [0.1, 0.15) is 30.9 Å². The number of guanidine groups is 1. The maximum atomic E-state index is 12.6. The molecule has 1 aliphatic rings. The normalized spacial score (nSPS) is 13.3. The van der Waals surface area contributed by atoms with Gasteiger partial charge in [0.25, 0.3) is 0 Å². The van der Waals surface area contributed by atoms with Gasteiger partial charge in [0.1, 0.15) is 5.15 Å². The molecule has 1 aromatic carbocycles. The molecule has 2 aromatic rings. The molecule has 1 aromatic heterocycles. The van der Waals surface area contributed by atoms with Crippen LogP contribution in [-0.4, -0.2) is 43.0 Å². The number of fused-ring (bicyclic) bond motifs is 1. The van der Waals surface area contributed by atoms with Crippen LogP contribution in [0.2, 0.25) is 5.15 Å². The molecule has 1 amide bonds. The highest BCUT2D eigenvalue weighted by Crippen LogP contribution is 2.27. The molecule has 0 radical (unpaired) electrons. The molecule has 2 heterocycles. The summed E-state index contributed by atoms with van der Waals surface area (Å²) in [6, 6.07) is 11.9. The quantitative estimate of drug-likeness (QED) is 0.302. The third-order valence-electron chi connectivity index (χ3n) is 4.85. The molecule has 2 N–H and O–H groups in total. The average Bonchev–Trinajstić information content (AvgIpc) is 3.17. The van der Waals surface area contributed by atoms with Crippen LogP contribution in [0, 0.1) is 0 Å². The third-order valence-corrected chi connectivity index (χ3v) is 5.07. The second-order valence-corrected chi connectivity index (χ2v) is 7.34. The predicted molar refractivity (Wildman–Crippen MR) is 119 cm³/mol. The summed E-state index contributed by atoms with van der Waals surface area (Å²) in [5.41, 5.74) is 3.44. The van der Waals surface area contributed by atoms with Gasteiger partial charge in [0, 0.05) is 44.5 Å². The van der Waals surface area contributed by atoms with E-state index in [4.69, 9.17) is 11.6 Å². The molecule has 0 atom stereocenters. The van der Waals surface area contributed by atoms with Gasteiger partial charge in [0.15, 0.2) is 5.96 Å². The highest BCUT2D eigenvalue weighted by atomic mass is 35.5. The highest BCUT2D eigenvalue weighted by molar-refractivity contribution is 6.29. The Bertz CT molecular complexity index is 837. The number of nitrogens with one attached hydrogen (secondary N) is 2. The Morgan fingerprint density at radius 3 is 2.90 bits per heavy atom. The largest absolute Gasteiger partial charge is 0.357 e. The van der Waals surface area contributed by atoms with E-state index in [1.165, 1.54) is 5.56 Å². The van der Waals surface area contributed by atoms with E-state index in [9.17, 15) is 4.79 Å². The van der Waals surface area contributed by atoms with E-state index in [-0.39, 0.29) is 5.91 Å². The highest BCUT2D eigenvalue weighted by Gasteiger charge is 2.23. The van der Waals surface area contributed by atoms with E-state index in [1.807, 2.05) is 36.1 Å². The molecule has 6 nitrogen and oxygen atoms in total. The van der Waals surface area contributed by atoms with E-state index in [1.54, 1.807) is 12.3 Å². The lowest BCUT2D eigenvalue weighted by Gasteiger charge is -2.17. The summed E-state index contributed by atoms with van der Waals surface area (Å²) in [7, 11) is 0. The van der Waals surface area contributed by atoms with Crippen molar-refractivity contribution in [2.75, 3.05) is 31.1 Å². The fourth-order valence-corrected chi connectivity index (χ4v) is 3.49. The Morgan fingerprint density at radius 1 is 1.24 bits per heavy atom. The van der Waals surface area contributed by atoms with Crippen LogP contribution >= 0.6 is 11.6 Å². The fourth-order valence-electron chi connectivity index (χ4n) is 3.37. The number of rotatable bonds is 8. The van der Waals surface area contributed by atoms with Crippen molar-refractivity contribution in [3.63, 3.8) is 0 Å². The molecule has 0 unspecified atom stereocenters. The zero-order valence-corrected chi connectivity index (χ0v) is 17.6. The number of pyridine rings is 1. The minimum absolute atomic E-state index is 0.179. The Balaban J connectivity index is 1.42. The molecule has 0 fully saturated rings. The molecule has 29 heavy (non-hydrogen) atoms. The van der Waals surface area contributed by atoms with Crippen molar-refractivity contribution in [1.82, 2.24) is 15.6 Å². The van der Waals surface area contributed by atoms with Crippen LogP contribution < -0.4 is 15.5 Å². The van der Waals surface area contributed by atoms with Crippen molar-refractivity contribution >= 4 is 29.2 Å². The number of amides is 1. The number of aromatic nitrogens is 1. The van der Waals surface area contributed by atoms with Crippen LogP contribution in [0.4, 0.5) is 5.69 Å². The number of hydrogen-bond donors (Lipinski definition) is 2. The smallest absolute Gasteiger partial charge is 0.227 e. The first kappa shape index (κ1) is 21.1. The summed E-state index contributed by atoms with van der Waals surface area (Å²) in [4.78, 5) is 23.1. The van der Waals surface area contributed by atoms with Crippen molar-refractivity contribution in [2.45, 2.75) is 32.6 Å². The number of hydrogen-bond acceptors (Lipinski definition) is 3. The standard InChI is InChI=1S/C22H28ClN5O/c1-2-24-22(26-14-11-17-9-10-20(23)27-16-17)25-13-5-8-21(29)28-15-12-18-6-3-4-7-19(18)28/h3-4,6-7,9-10,16H,2,5,8,11-15H2,1H3,(H2,24,25,26). The van der Waals surface area contributed by atoms with Crippen molar-refractivity contribution in [3.05, 3.63) is 58.9 Å². The lowest BCUT2D eigenvalue weighted by atomic mass is 10.2. The van der Waals surface area contributed by atoms with Gasteiger partial charge in [0.05, 0.1) is 0 Å². The number of nitrogens with zero attached hydrogens (tertiary/aromatic N) is 3. The summed E-state index contributed by atoms with van der Waals surface area (Å²) >= 11 is 5.81. The number of carbonyl (C=O) groups excluding carboxylic acids is 1. The maximum Gasteiger partial charge on any atom is 0.227 e. The van der Waals surface area contributed by atoms with Gasteiger partial charge < -0.3 is 15.5 Å². The minimum atomic E-state index is 0.179. The van der Waals surface area contributed by atoms with Gasteiger partial charge in [-0.3, -0.25) is 9.79 Å². The first-order valence-corrected chi connectivity index (χ1v) is 10.6. The second kappa shape index (κ2) is 10.8. The molecule has 3 rings (SSSR count). The summed E-state index contributed by atoms with van der Waals surface area (Å²) in [5.74, 6) is 0.951. The summed E-state index contributed by atoms with van der Waals surface area (Å²) < 4.78 is 0. The summed E-state index contributed by atoms with van der Waals surface area (Å²) in [5, 5.41) is 7.07.